The normalized spacial score (nSPS) is 18.7. The SMILES string of the molecule is C=CCCOC(C)C(=O)NC1CCSc2c(F)cccc21. The van der Waals surface area contributed by atoms with E-state index in [9.17, 15) is 9.18 Å². The molecule has 1 aliphatic rings. The van der Waals surface area contributed by atoms with Crippen molar-refractivity contribution in [1.29, 1.82) is 0 Å². The molecule has 1 aliphatic heterocycles. The Kier molecular flexibility index (Phi) is 5.82. The van der Waals surface area contributed by atoms with E-state index >= 15 is 0 Å². The number of hydrogen-bond donors (Lipinski definition) is 1. The Balaban J connectivity index is 1.99. The van der Waals surface area contributed by atoms with E-state index in [0.29, 0.717) is 17.9 Å². The minimum atomic E-state index is -0.517. The molecule has 0 fully saturated rings. The molecule has 3 nitrogen and oxygen atoms in total. The molecule has 0 bridgehead atoms. The Morgan fingerprint density at radius 2 is 2.48 bits per heavy atom. The number of amides is 1. The van der Waals surface area contributed by atoms with Gasteiger partial charge in [0.1, 0.15) is 11.9 Å². The van der Waals surface area contributed by atoms with Crippen LogP contribution in [0.1, 0.15) is 31.4 Å². The van der Waals surface area contributed by atoms with E-state index in [1.165, 1.54) is 17.8 Å². The molecule has 2 rings (SSSR count). The number of hydrogen-bond acceptors (Lipinski definition) is 3. The molecule has 1 aromatic rings. The van der Waals surface area contributed by atoms with Crippen molar-refractivity contribution in [1.82, 2.24) is 5.32 Å². The van der Waals surface area contributed by atoms with E-state index in [4.69, 9.17) is 4.74 Å². The molecule has 2 atom stereocenters. The van der Waals surface area contributed by atoms with E-state index in [-0.39, 0.29) is 17.8 Å². The fourth-order valence-corrected chi connectivity index (χ4v) is 3.37. The summed E-state index contributed by atoms with van der Waals surface area (Å²) in [5.74, 6) is 0.419. The van der Waals surface area contributed by atoms with Crippen LogP contribution in [-0.2, 0) is 9.53 Å². The Hall–Kier alpha value is -1.33. The van der Waals surface area contributed by atoms with Crippen LogP contribution in [-0.4, -0.2) is 24.4 Å². The summed E-state index contributed by atoms with van der Waals surface area (Å²) in [6.45, 7) is 5.81. The van der Waals surface area contributed by atoms with Gasteiger partial charge in [-0.15, -0.1) is 18.3 Å². The maximum absolute atomic E-state index is 13.8. The highest BCUT2D eigenvalue weighted by molar-refractivity contribution is 7.99. The summed E-state index contributed by atoms with van der Waals surface area (Å²) in [6, 6.07) is 4.87. The largest absolute Gasteiger partial charge is 0.368 e. The van der Waals surface area contributed by atoms with Crippen molar-refractivity contribution in [3.05, 3.63) is 42.2 Å². The van der Waals surface area contributed by atoms with Gasteiger partial charge in [-0.25, -0.2) is 4.39 Å². The summed E-state index contributed by atoms with van der Waals surface area (Å²) in [4.78, 5) is 12.8. The van der Waals surface area contributed by atoms with Gasteiger partial charge in [-0.2, -0.15) is 0 Å². The number of carbonyl (C=O) groups is 1. The lowest BCUT2D eigenvalue weighted by Gasteiger charge is -2.27. The molecule has 1 N–H and O–H groups in total. The van der Waals surface area contributed by atoms with Gasteiger partial charge in [-0.05, 0) is 31.4 Å². The third-order valence-corrected chi connectivity index (χ3v) is 4.56. The molecule has 114 valence electrons. The lowest BCUT2D eigenvalue weighted by atomic mass is 10.0. The van der Waals surface area contributed by atoms with E-state index < -0.39 is 6.10 Å². The highest BCUT2D eigenvalue weighted by Crippen LogP contribution is 2.37. The van der Waals surface area contributed by atoms with Crippen LogP contribution in [0.15, 0.2) is 35.7 Å². The van der Waals surface area contributed by atoms with Crippen LogP contribution in [0.3, 0.4) is 0 Å². The quantitative estimate of drug-likeness (QED) is 0.646. The molecule has 0 aliphatic carbocycles. The van der Waals surface area contributed by atoms with E-state index in [1.807, 2.05) is 6.07 Å². The van der Waals surface area contributed by atoms with Gasteiger partial charge < -0.3 is 10.1 Å². The first kappa shape index (κ1) is 16.0. The van der Waals surface area contributed by atoms with Crippen molar-refractivity contribution in [3.8, 4) is 0 Å². The molecule has 21 heavy (non-hydrogen) atoms. The molecule has 1 aromatic carbocycles. The second kappa shape index (κ2) is 7.61. The smallest absolute Gasteiger partial charge is 0.249 e. The van der Waals surface area contributed by atoms with E-state index in [2.05, 4.69) is 11.9 Å². The Bertz CT molecular complexity index is 521. The van der Waals surface area contributed by atoms with Crippen molar-refractivity contribution in [2.24, 2.45) is 0 Å². The maximum atomic E-state index is 13.8. The lowest BCUT2D eigenvalue weighted by Crippen LogP contribution is -2.38. The summed E-state index contributed by atoms with van der Waals surface area (Å²) in [5.41, 5.74) is 0.859. The van der Waals surface area contributed by atoms with Crippen molar-refractivity contribution in [2.45, 2.75) is 36.8 Å². The standard InChI is InChI=1S/C16H20FNO2S/c1-3-4-9-20-11(2)16(19)18-14-8-10-21-15-12(14)6-5-7-13(15)17/h3,5-7,11,14H,1,4,8-10H2,2H3,(H,18,19). The Labute approximate surface area is 128 Å². The predicted molar refractivity (Wildman–Crippen MR) is 82.9 cm³/mol. The average molecular weight is 309 g/mol. The highest BCUT2D eigenvalue weighted by atomic mass is 32.2. The molecule has 0 aromatic heterocycles. The fraction of sp³-hybridized carbons (Fsp3) is 0.438. The van der Waals surface area contributed by atoms with Crippen LogP contribution in [0, 0.1) is 5.82 Å². The first-order valence-electron chi connectivity index (χ1n) is 7.07. The van der Waals surface area contributed by atoms with Crippen LogP contribution in [0.2, 0.25) is 0 Å². The second-order valence-corrected chi connectivity index (χ2v) is 6.05. The molecule has 2 unspecified atom stereocenters. The second-order valence-electron chi connectivity index (χ2n) is 4.95. The van der Waals surface area contributed by atoms with Crippen molar-refractivity contribution < 1.29 is 13.9 Å². The zero-order valence-corrected chi connectivity index (χ0v) is 12.9. The minimum absolute atomic E-state index is 0.144. The third-order valence-electron chi connectivity index (χ3n) is 3.40. The summed E-state index contributed by atoms with van der Waals surface area (Å²) in [6.07, 6.45) is 2.75. The fourth-order valence-electron chi connectivity index (χ4n) is 2.23. The number of carbonyl (C=O) groups excluding carboxylic acids is 1. The van der Waals surface area contributed by atoms with Crippen LogP contribution in [0.5, 0.6) is 0 Å². The molecular formula is C16H20FNO2S. The molecule has 0 saturated carbocycles. The van der Waals surface area contributed by atoms with E-state index in [0.717, 1.165) is 17.7 Å². The number of thioether (sulfide) groups is 1. The lowest BCUT2D eigenvalue weighted by molar-refractivity contribution is -0.132. The van der Waals surface area contributed by atoms with E-state index in [1.54, 1.807) is 19.1 Å². The monoisotopic (exact) mass is 309 g/mol. The summed E-state index contributed by atoms with van der Waals surface area (Å²) < 4.78 is 19.2. The topological polar surface area (TPSA) is 38.3 Å². The minimum Gasteiger partial charge on any atom is -0.368 e. The Morgan fingerprint density at radius 3 is 3.24 bits per heavy atom. The van der Waals surface area contributed by atoms with Gasteiger partial charge in [-0.3, -0.25) is 4.79 Å². The van der Waals surface area contributed by atoms with Crippen LogP contribution >= 0.6 is 11.8 Å². The summed E-state index contributed by atoms with van der Waals surface area (Å²) in [5, 5.41) is 2.96. The first-order valence-corrected chi connectivity index (χ1v) is 8.06. The molecule has 5 heteroatoms. The van der Waals surface area contributed by atoms with Crippen molar-refractivity contribution in [2.75, 3.05) is 12.4 Å². The van der Waals surface area contributed by atoms with Crippen LogP contribution < -0.4 is 5.32 Å². The van der Waals surface area contributed by atoms with Gasteiger partial charge in [0.15, 0.2) is 0 Å². The van der Waals surface area contributed by atoms with Gasteiger partial charge in [0.05, 0.1) is 12.6 Å². The molecule has 0 saturated heterocycles. The van der Waals surface area contributed by atoms with Gasteiger partial charge in [-0.1, -0.05) is 18.2 Å². The number of ether oxygens (including phenoxy) is 1. The van der Waals surface area contributed by atoms with Crippen LogP contribution in [0.4, 0.5) is 4.39 Å². The highest BCUT2D eigenvalue weighted by Gasteiger charge is 2.26. The molecule has 0 spiro atoms. The van der Waals surface area contributed by atoms with Crippen molar-refractivity contribution in [3.63, 3.8) is 0 Å². The summed E-state index contributed by atoms with van der Waals surface area (Å²) >= 11 is 1.50. The van der Waals surface area contributed by atoms with Crippen LogP contribution in [0.25, 0.3) is 0 Å². The number of benzene rings is 1. The predicted octanol–water partition coefficient (Wildman–Crippen LogP) is 3.46. The third kappa shape index (κ3) is 4.08. The Morgan fingerprint density at radius 1 is 1.67 bits per heavy atom. The number of halogens is 1. The van der Waals surface area contributed by atoms with Gasteiger partial charge in [0.25, 0.3) is 0 Å². The average Bonchev–Trinajstić information content (AvgIpc) is 2.48. The molecular weight excluding hydrogens is 289 g/mol. The maximum Gasteiger partial charge on any atom is 0.249 e. The number of rotatable bonds is 6. The first-order chi connectivity index (χ1) is 10.1. The number of fused-ring (bicyclic) bond motifs is 1. The zero-order valence-electron chi connectivity index (χ0n) is 12.1. The summed E-state index contributed by atoms with van der Waals surface area (Å²) in [7, 11) is 0. The number of nitrogens with one attached hydrogen (secondary N) is 1. The van der Waals surface area contributed by atoms with Gasteiger partial charge in [0.2, 0.25) is 5.91 Å². The zero-order chi connectivity index (χ0) is 15.2. The van der Waals surface area contributed by atoms with Gasteiger partial charge >= 0.3 is 0 Å². The molecule has 0 radical (unpaired) electrons. The molecule has 1 amide bonds. The van der Waals surface area contributed by atoms with Crippen molar-refractivity contribution >= 4 is 17.7 Å². The van der Waals surface area contributed by atoms with Gasteiger partial charge in [0, 0.05) is 10.6 Å². The molecule has 1 heterocycles.